The molecule has 2 N–H and O–H groups in total. The minimum atomic E-state index is -0.548. The molecule has 0 atom stereocenters. The van der Waals surface area contributed by atoms with Crippen LogP contribution in [0.3, 0.4) is 0 Å². The standard InChI is InChI=1S/C11H13N5O4S/c1-20-6-9-14-15-10(21-9)12-7(17)2-4-16-5-3-8(18)13-11(16)19/h3,5H,2,4,6H2,1H3,(H,12,15,17)(H,13,18,19). The monoisotopic (exact) mass is 311 g/mol. The van der Waals surface area contributed by atoms with Crippen LogP contribution in [-0.4, -0.2) is 32.8 Å². The minimum absolute atomic E-state index is 0.0745. The van der Waals surface area contributed by atoms with Crippen molar-refractivity contribution in [2.45, 2.75) is 19.6 Å². The molecule has 0 spiro atoms. The van der Waals surface area contributed by atoms with Crippen LogP contribution in [0, 0.1) is 0 Å². The number of nitrogens with one attached hydrogen (secondary N) is 2. The van der Waals surface area contributed by atoms with E-state index in [4.69, 9.17) is 4.74 Å². The molecule has 21 heavy (non-hydrogen) atoms. The predicted octanol–water partition coefficient (Wildman–Crippen LogP) is -0.437. The lowest BCUT2D eigenvalue weighted by molar-refractivity contribution is -0.116. The zero-order chi connectivity index (χ0) is 15.2. The van der Waals surface area contributed by atoms with Crippen molar-refractivity contribution in [3.63, 3.8) is 0 Å². The summed E-state index contributed by atoms with van der Waals surface area (Å²) in [6, 6.07) is 1.22. The number of aromatic amines is 1. The minimum Gasteiger partial charge on any atom is -0.377 e. The van der Waals surface area contributed by atoms with Crippen LogP contribution in [0.1, 0.15) is 11.4 Å². The van der Waals surface area contributed by atoms with Gasteiger partial charge in [0.15, 0.2) is 0 Å². The Morgan fingerprint density at radius 1 is 1.48 bits per heavy atom. The van der Waals surface area contributed by atoms with Gasteiger partial charge in [-0.15, -0.1) is 10.2 Å². The first-order chi connectivity index (χ1) is 10.1. The molecule has 2 heterocycles. The molecule has 0 fully saturated rings. The number of carbonyl (C=O) groups excluding carboxylic acids is 1. The summed E-state index contributed by atoms with van der Waals surface area (Å²) in [4.78, 5) is 36.2. The highest BCUT2D eigenvalue weighted by molar-refractivity contribution is 7.15. The number of ether oxygens (including phenoxy) is 1. The fourth-order valence-electron chi connectivity index (χ4n) is 1.51. The van der Waals surface area contributed by atoms with Crippen molar-refractivity contribution < 1.29 is 9.53 Å². The Morgan fingerprint density at radius 2 is 2.29 bits per heavy atom. The molecule has 0 bridgehead atoms. The molecule has 10 heteroatoms. The average Bonchev–Trinajstić information content (AvgIpc) is 2.85. The molecule has 0 saturated heterocycles. The molecule has 112 valence electrons. The van der Waals surface area contributed by atoms with Gasteiger partial charge in [0.2, 0.25) is 11.0 Å². The number of hydrogen-bond acceptors (Lipinski definition) is 7. The number of rotatable bonds is 6. The molecule has 0 radical (unpaired) electrons. The lowest BCUT2D eigenvalue weighted by Gasteiger charge is -2.03. The highest BCUT2D eigenvalue weighted by atomic mass is 32.1. The molecule has 9 nitrogen and oxygen atoms in total. The van der Waals surface area contributed by atoms with Crippen LogP contribution in [0.25, 0.3) is 0 Å². The average molecular weight is 311 g/mol. The molecule has 0 aliphatic heterocycles. The van der Waals surface area contributed by atoms with Crippen LogP contribution in [0.4, 0.5) is 5.13 Å². The number of hydrogen-bond donors (Lipinski definition) is 2. The van der Waals surface area contributed by atoms with E-state index in [9.17, 15) is 14.4 Å². The predicted molar refractivity (Wildman–Crippen MR) is 75.2 cm³/mol. The van der Waals surface area contributed by atoms with Gasteiger partial charge in [-0.1, -0.05) is 11.3 Å². The van der Waals surface area contributed by atoms with Crippen molar-refractivity contribution in [2.75, 3.05) is 12.4 Å². The van der Waals surface area contributed by atoms with Crippen LogP contribution in [-0.2, 0) is 22.7 Å². The van der Waals surface area contributed by atoms with Gasteiger partial charge in [-0.25, -0.2) is 4.79 Å². The van der Waals surface area contributed by atoms with E-state index in [0.29, 0.717) is 16.7 Å². The zero-order valence-corrected chi connectivity index (χ0v) is 12.0. The number of amides is 1. The summed E-state index contributed by atoms with van der Waals surface area (Å²) in [6.07, 6.45) is 1.42. The van der Waals surface area contributed by atoms with Gasteiger partial charge in [-0.2, -0.15) is 0 Å². The number of aryl methyl sites for hydroxylation is 1. The molecule has 1 amide bonds. The Morgan fingerprint density at radius 3 is 3.00 bits per heavy atom. The van der Waals surface area contributed by atoms with E-state index in [1.807, 2.05) is 0 Å². The van der Waals surface area contributed by atoms with Crippen LogP contribution in [0.2, 0.25) is 0 Å². The fourth-order valence-corrected chi connectivity index (χ4v) is 2.24. The Kier molecular flexibility index (Phi) is 4.95. The number of carbonyl (C=O) groups is 1. The van der Waals surface area contributed by atoms with Gasteiger partial charge in [0.1, 0.15) is 11.6 Å². The topological polar surface area (TPSA) is 119 Å². The molecule has 0 aliphatic rings. The third-order valence-corrected chi connectivity index (χ3v) is 3.27. The van der Waals surface area contributed by atoms with Gasteiger partial charge in [0.05, 0.1) is 0 Å². The molecule has 2 rings (SSSR count). The second-order valence-electron chi connectivity index (χ2n) is 4.04. The summed E-state index contributed by atoms with van der Waals surface area (Å²) in [5.41, 5.74) is -1.02. The molecule has 0 unspecified atom stereocenters. The quantitative estimate of drug-likeness (QED) is 0.746. The van der Waals surface area contributed by atoms with Crippen LogP contribution in [0.5, 0.6) is 0 Å². The highest BCUT2D eigenvalue weighted by Crippen LogP contribution is 2.15. The lowest BCUT2D eigenvalue weighted by atomic mass is 10.4. The van der Waals surface area contributed by atoms with Crippen LogP contribution >= 0.6 is 11.3 Å². The number of H-pyrrole nitrogens is 1. The fraction of sp³-hybridized carbons (Fsp3) is 0.364. The third kappa shape index (κ3) is 4.33. The normalized spacial score (nSPS) is 10.5. The summed E-state index contributed by atoms with van der Waals surface area (Å²) in [7, 11) is 1.54. The Bertz CT molecular complexity index is 734. The van der Waals surface area contributed by atoms with E-state index in [-0.39, 0.29) is 18.9 Å². The summed E-state index contributed by atoms with van der Waals surface area (Å²) in [5, 5.41) is 11.3. The zero-order valence-electron chi connectivity index (χ0n) is 11.2. The number of aromatic nitrogens is 4. The van der Waals surface area contributed by atoms with E-state index in [0.717, 1.165) is 0 Å². The Labute approximate surface area is 122 Å². The highest BCUT2D eigenvalue weighted by Gasteiger charge is 2.08. The van der Waals surface area contributed by atoms with E-state index in [2.05, 4.69) is 20.5 Å². The number of nitrogens with zero attached hydrogens (tertiary/aromatic N) is 3. The molecule has 0 aromatic carbocycles. The van der Waals surface area contributed by atoms with Gasteiger partial charge in [-0.05, 0) is 0 Å². The van der Waals surface area contributed by atoms with Crippen molar-refractivity contribution in [3.8, 4) is 0 Å². The number of methoxy groups -OCH3 is 1. The first-order valence-electron chi connectivity index (χ1n) is 5.99. The molecular formula is C11H13N5O4S. The maximum Gasteiger partial charge on any atom is 0.328 e. The van der Waals surface area contributed by atoms with Gasteiger partial charge >= 0.3 is 5.69 Å². The molecular weight excluding hydrogens is 298 g/mol. The molecule has 0 aliphatic carbocycles. The maximum absolute atomic E-state index is 11.7. The molecule has 2 aromatic heterocycles. The summed E-state index contributed by atoms with van der Waals surface area (Å²) in [5.74, 6) is -0.298. The first-order valence-corrected chi connectivity index (χ1v) is 6.81. The summed E-state index contributed by atoms with van der Waals surface area (Å²) < 4.78 is 6.15. The van der Waals surface area contributed by atoms with Gasteiger partial charge in [-0.3, -0.25) is 14.6 Å². The third-order valence-electron chi connectivity index (χ3n) is 2.46. The lowest BCUT2D eigenvalue weighted by Crippen LogP contribution is -2.29. The molecule has 0 saturated carbocycles. The molecule has 2 aromatic rings. The number of anilines is 1. The maximum atomic E-state index is 11.7. The van der Waals surface area contributed by atoms with Crippen molar-refractivity contribution in [2.24, 2.45) is 0 Å². The van der Waals surface area contributed by atoms with E-state index < -0.39 is 11.2 Å². The second-order valence-corrected chi connectivity index (χ2v) is 5.10. The van der Waals surface area contributed by atoms with E-state index in [1.54, 1.807) is 7.11 Å². The first kappa shape index (κ1) is 15.1. The second kappa shape index (κ2) is 6.90. The SMILES string of the molecule is COCc1nnc(NC(=O)CCn2ccc(=O)[nH]c2=O)s1. The largest absolute Gasteiger partial charge is 0.377 e. The van der Waals surface area contributed by atoms with Crippen molar-refractivity contribution >= 4 is 22.4 Å². The van der Waals surface area contributed by atoms with Crippen LogP contribution in [0.15, 0.2) is 21.9 Å². The van der Waals surface area contributed by atoms with Crippen molar-refractivity contribution in [3.05, 3.63) is 38.1 Å². The van der Waals surface area contributed by atoms with Crippen LogP contribution < -0.4 is 16.6 Å². The van der Waals surface area contributed by atoms with Gasteiger partial charge in [0, 0.05) is 32.3 Å². The van der Waals surface area contributed by atoms with Gasteiger partial charge in [0.25, 0.3) is 5.56 Å². The van der Waals surface area contributed by atoms with Crippen molar-refractivity contribution in [1.29, 1.82) is 0 Å². The smallest absolute Gasteiger partial charge is 0.328 e. The van der Waals surface area contributed by atoms with E-state index >= 15 is 0 Å². The Hall–Kier alpha value is -2.33. The van der Waals surface area contributed by atoms with Gasteiger partial charge < -0.3 is 14.6 Å². The van der Waals surface area contributed by atoms with Crippen molar-refractivity contribution in [1.82, 2.24) is 19.7 Å². The summed E-state index contributed by atoms with van der Waals surface area (Å²) >= 11 is 1.22. The summed E-state index contributed by atoms with van der Waals surface area (Å²) in [6.45, 7) is 0.492. The van der Waals surface area contributed by atoms with E-state index in [1.165, 1.54) is 28.2 Å². The Balaban J connectivity index is 1.89.